The number of methoxy groups -OCH3 is 1. The van der Waals surface area contributed by atoms with Gasteiger partial charge in [0.15, 0.2) is 0 Å². The van der Waals surface area contributed by atoms with Crippen molar-refractivity contribution in [2.24, 2.45) is 11.8 Å². The van der Waals surface area contributed by atoms with Gasteiger partial charge in [-0.3, -0.25) is 9.59 Å². The minimum Gasteiger partial charge on any atom is -0.469 e. The number of hydrogen-bond acceptors (Lipinski definition) is 3. The van der Waals surface area contributed by atoms with Gasteiger partial charge in [-0.25, -0.2) is 0 Å². The van der Waals surface area contributed by atoms with E-state index in [1.807, 2.05) is 37.3 Å². The molecule has 0 spiro atoms. The summed E-state index contributed by atoms with van der Waals surface area (Å²) in [6, 6.07) is 9.24. The fourth-order valence-electron chi connectivity index (χ4n) is 2.38. The highest BCUT2D eigenvalue weighted by Crippen LogP contribution is 2.32. The molecule has 1 aromatic rings. The lowest BCUT2D eigenvalue weighted by atomic mass is 9.82. The molecule has 1 aliphatic heterocycles. The zero-order valence-corrected chi connectivity index (χ0v) is 10.6. The lowest BCUT2D eigenvalue weighted by Gasteiger charge is -2.33. The number of carbonyl (C=O) groups excluding carboxylic acids is 2. The van der Waals surface area contributed by atoms with Crippen molar-refractivity contribution in [1.82, 2.24) is 5.32 Å². The van der Waals surface area contributed by atoms with Gasteiger partial charge in [0.1, 0.15) is 0 Å². The number of carbonyl (C=O) groups is 2. The summed E-state index contributed by atoms with van der Waals surface area (Å²) in [5, 5.41) is 2.91. The normalized spacial score (nSPS) is 27.4. The fourth-order valence-corrected chi connectivity index (χ4v) is 2.38. The van der Waals surface area contributed by atoms with Gasteiger partial charge in [0.2, 0.25) is 5.91 Å². The van der Waals surface area contributed by atoms with Crippen molar-refractivity contribution in [2.75, 3.05) is 7.11 Å². The van der Waals surface area contributed by atoms with Crippen LogP contribution in [0.2, 0.25) is 0 Å². The number of benzene rings is 1. The average molecular weight is 247 g/mol. The molecule has 1 amide bonds. The molecule has 0 saturated carbocycles. The first-order valence-corrected chi connectivity index (χ1v) is 6.06. The van der Waals surface area contributed by atoms with Crippen LogP contribution in [0.15, 0.2) is 30.3 Å². The van der Waals surface area contributed by atoms with Crippen LogP contribution < -0.4 is 5.32 Å². The number of esters is 1. The molecular formula is C14H17NO3. The fraction of sp³-hybridized carbons (Fsp3) is 0.429. The third kappa shape index (κ3) is 2.37. The molecule has 1 fully saturated rings. The summed E-state index contributed by atoms with van der Waals surface area (Å²) in [6.07, 6.45) is 0.526. The zero-order chi connectivity index (χ0) is 13.1. The molecule has 1 saturated heterocycles. The third-order valence-electron chi connectivity index (χ3n) is 3.42. The summed E-state index contributed by atoms with van der Waals surface area (Å²) in [5.74, 6) is -0.751. The molecule has 0 radical (unpaired) electrons. The van der Waals surface area contributed by atoms with E-state index in [4.69, 9.17) is 4.74 Å². The van der Waals surface area contributed by atoms with Crippen molar-refractivity contribution in [3.63, 3.8) is 0 Å². The van der Waals surface area contributed by atoms with Crippen LogP contribution >= 0.6 is 0 Å². The monoisotopic (exact) mass is 247 g/mol. The van der Waals surface area contributed by atoms with Gasteiger partial charge in [0, 0.05) is 5.92 Å². The maximum Gasteiger partial charge on any atom is 0.311 e. The molecule has 1 aliphatic rings. The minimum absolute atomic E-state index is 0.0102. The smallest absolute Gasteiger partial charge is 0.311 e. The molecule has 96 valence electrons. The van der Waals surface area contributed by atoms with E-state index in [0.29, 0.717) is 6.42 Å². The molecule has 4 nitrogen and oxygen atoms in total. The first-order chi connectivity index (χ1) is 8.63. The van der Waals surface area contributed by atoms with E-state index in [-0.39, 0.29) is 29.8 Å². The molecule has 1 heterocycles. The Hall–Kier alpha value is -1.84. The standard InChI is InChI=1S/C14H17NO3/c1-9-8-11(14(17)18-2)12(15-13(9)16)10-6-4-3-5-7-10/h3-7,9,11-12H,8H2,1-2H3,(H,15,16)/t9-,11+,12+/m1/s1. The van der Waals surface area contributed by atoms with Crippen LogP contribution in [0.25, 0.3) is 0 Å². The van der Waals surface area contributed by atoms with E-state index in [1.54, 1.807) is 0 Å². The van der Waals surface area contributed by atoms with Gasteiger partial charge in [-0.15, -0.1) is 0 Å². The topological polar surface area (TPSA) is 55.4 Å². The Kier molecular flexibility index (Phi) is 3.65. The third-order valence-corrected chi connectivity index (χ3v) is 3.42. The number of hydrogen-bond donors (Lipinski definition) is 1. The molecule has 0 bridgehead atoms. The first-order valence-electron chi connectivity index (χ1n) is 6.06. The Bertz CT molecular complexity index is 444. The predicted octanol–water partition coefficient (Wildman–Crippen LogP) is 1.67. The molecular weight excluding hydrogens is 230 g/mol. The van der Waals surface area contributed by atoms with Crippen LogP contribution in [0.1, 0.15) is 24.9 Å². The summed E-state index contributed by atoms with van der Waals surface area (Å²) >= 11 is 0. The van der Waals surface area contributed by atoms with E-state index >= 15 is 0 Å². The van der Waals surface area contributed by atoms with Crippen LogP contribution in [0.3, 0.4) is 0 Å². The Morgan fingerprint density at radius 2 is 2.00 bits per heavy atom. The maximum absolute atomic E-state index is 11.8. The summed E-state index contributed by atoms with van der Waals surface area (Å²) in [6.45, 7) is 1.83. The van der Waals surface area contributed by atoms with Gasteiger partial charge in [0.25, 0.3) is 0 Å². The molecule has 4 heteroatoms. The molecule has 2 rings (SSSR count). The molecule has 3 atom stereocenters. The average Bonchev–Trinajstić information content (AvgIpc) is 2.41. The number of piperidine rings is 1. The van der Waals surface area contributed by atoms with Crippen molar-refractivity contribution < 1.29 is 14.3 Å². The Morgan fingerprint density at radius 3 is 2.61 bits per heavy atom. The quantitative estimate of drug-likeness (QED) is 0.809. The van der Waals surface area contributed by atoms with Crippen LogP contribution in [0.5, 0.6) is 0 Å². The van der Waals surface area contributed by atoms with E-state index in [2.05, 4.69) is 5.32 Å². The van der Waals surface area contributed by atoms with Crippen LogP contribution in [-0.2, 0) is 14.3 Å². The molecule has 1 N–H and O–H groups in total. The van der Waals surface area contributed by atoms with Crippen LogP contribution in [0, 0.1) is 11.8 Å². The van der Waals surface area contributed by atoms with Gasteiger partial charge < -0.3 is 10.1 Å². The van der Waals surface area contributed by atoms with E-state index in [9.17, 15) is 9.59 Å². The molecule has 0 aromatic heterocycles. The summed E-state index contributed by atoms with van der Waals surface area (Å²) < 4.78 is 4.83. The van der Waals surface area contributed by atoms with Crippen molar-refractivity contribution in [3.8, 4) is 0 Å². The SMILES string of the molecule is COC(=O)[C@H]1C[C@@H](C)C(=O)N[C@H]1c1ccccc1. The number of ether oxygens (including phenoxy) is 1. The summed E-state index contributed by atoms with van der Waals surface area (Å²) in [5.41, 5.74) is 0.938. The van der Waals surface area contributed by atoms with Crippen molar-refractivity contribution in [1.29, 1.82) is 0 Å². The second-order valence-electron chi connectivity index (χ2n) is 4.66. The Labute approximate surface area is 106 Å². The number of rotatable bonds is 2. The van der Waals surface area contributed by atoms with Gasteiger partial charge in [-0.05, 0) is 12.0 Å². The summed E-state index contributed by atoms with van der Waals surface area (Å²) in [4.78, 5) is 23.6. The zero-order valence-electron chi connectivity index (χ0n) is 10.6. The predicted molar refractivity (Wildman–Crippen MR) is 66.6 cm³/mol. The van der Waals surface area contributed by atoms with Crippen LogP contribution in [0.4, 0.5) is 0 Å². The second kappa shape index (κ2) is 5.21. The summed E-state index contributed by atoms with van der Waals surface area (Å²) in [7, 11) is 1.38. The molecule has 0 unspecified atom stereocenters. The van der Waals surface area contributed by atoms with Gasteiger partial charge in [-0.2, -0.15) is 0 Å². The minimum atomic E-state index is -0.315. The lowest BCUT2D eigenvalue weighted by Crippen LogP contribution is -2.46. The Balaban J connectivity index is 2.29. The van der Waals surface area contributed by atoms with E-state index in [0.717, 1.165) is 5.56 Å². The van der Waals surface area contributed by atoms with E-state index in [1.165, 1.54) is 7.11 Å². The van der Waals surface area contributed by atoms with Crippen molar-refractivity contribution in [2.45, 2.75) is 19.4 Å². The van der Waals surface area contributed by atoms with Crippen molar-refractivity contribution >= 4 is 11.9 Å². The highest BCUT2D eigenvalue weighted by molar-refractivity contribution is 5.83. The molecule has 1 aromatic carbocycles. The maximum atomic E-state index is 11.8. The Morgan fingerprint density at radius 1 is 1.33 bits per heavy atom. The van der Waals surface area contributed by atoms with Crippen LogP contribution in [-0.4, -0.2) is 19.0 Å². The molecule has 0 aliphatic carbocycles. The van der Waals surface area contributed by atoms with Gasteiger partial charge >= 0.3 is 5.97 Å². The largest absolute Gasteiger partial charge is 0.469 e. The highest BCUT2D eigenvalue weighted by atomic mass is 16.5. The lowest BCUT2D eigenvalue weighted by molar-refractivity contribution is -0.150. The second-order valence-corrected chi connectivity index (χ2v) is 4.66. The van der Waals surface area contributed by atoms with Crippen molar-refractivity contribution in [3.05, 3.63) is 35.9 Å². The van der Waals surface area contributed by atoms with E-state index < -0.39 is 0 Å². The number of amides is 1. The number of nitrogens with one attached hydrogen (secondary N) is 1. The first kappa shape index (κ1) is 12.6. The highest BCUT2D eigenvalue weighted by Gasteiger charge is 2.38. The van der Waals surface area contributed by atoms with Gasteiger partial charge in [0.05, 0.1) is 19.1 Å². The molecule has 18 heavy (non-hydrogen) atoms. The van der Waals surface area contributed by atoms with Gasteiger partial charge in [-0.1, -0.05) is 37.3 Å².